The van der Waals surface area contributed by atoms with Gasteiger partial charge in [-0.3, -0.25) is 0 Å². The van der Waals surface area contributed by atoms with Crippen LogP contribution in [-0.4, -0.2) is 6.71 Å². The van der Waals surface area contributed by atoms with E-state index in [1.807, 2.05) is 91.0 Å². The third-order valence-electron chi connectivity index (χ3n) is 15.5. The molecule has 2 aliphatic heterocycles. The molecule has 11 aromatic carbocycles. The first kappa shape index (κ1) is 40.2. The molecule has 3 aromatic heterocycles. The van der Waals surface area contributed by atoms with Crippen molar-refractivity contribution in [3.63, 3.8) is 0 Å². The fourth-order valence-corrected chi connectivity index (χ4v) is 13.2. The molecule has 2 aliphatic rings. The predicted molar refractivity (Wildman–Crippen MR) is 332 cm³/mol. The smallest absolute Gasteiger partial charge is 0.264 e. The molecule has 0 amide bonds. The molecule has 5 nitrogen and oxygen atoms in total. The zero-order valence-electron chi connectivity index (χ0n) is 47.3. The Labute approximate surface area is 468 Å². The summed E-state index contributed by atoms with van der Waals surface area (Å²) in [6, 6.07) is 84.1. The number of para-hydroxylation sites is 2. The predicted octanol–water partition coefficient (Wildman–Crippen LogP) is 18.6. The Morgan fingerprint density at radius 1 is 0.405 bits per heavy atom. The maximum Gasteiger partial charge on any atom is 0.264 e. The van der Waals surface area contributed by atoms with Crippen LogP contribution >= 0.6 is 11.3 Å². The lowest BCUT2D eigenvalue weighted by Crippen LogP contribution is -2.60. The van der Waals surface area contributed by atoms with Gasteiger partial charge in [0.15, 0.2) is 0 Å². The van der Waals surface area contributed by atoms with Crippen molar-refractivity contribution in [2.45, 2.75) is 0 Å². The van der Waals surface area contributed by atoms with E-state index in [2.05, 4.69) is 172 Å². The largest absolute Gasteiger partial charge is 0.456 e. The van der Waals surface area contributed by atoms with Crippen molar-refractivity contribution in [1.29, 1.82) is 0 Å². The van der Waals surface area contributed by atoms with Crippen molar-refractivity contribution < 1.29 is 15.7 Å². The highest BCUT2D eigenvalue weighted by molar-refractivity contribution is 7.33. The van der Waals surface area contributed by atoms with E-state index in [-0.39, 0.29) is 24.4 Å². The van der Waals surface area contributed by atoms with Crippen LogP contribution in [0.5, 0.6) is 0 Å². The van der Waals surface area contributed by atoms with E-state index in [1.54, 1.807) is 11.3 Å². The molecule has 0 aliphatic carbocycles. The molecule has 0 N–H and O–H groups in total. The van der Waals surface area contributed by atoms with Gasteiger partial charge >= 0.3 is 0 Å². The number of furan rings is 2. The summed E-state index contributed by atoms with van der Waals surface area (Å²) in [7, 11) is 0. The molecule has 370 valence electrons. The minimum absolute atomic E-state index is 0.102. The molecule has 7 heteroatoms. The van der Waals surface area contributed by atoms with Crippen molar-refractivity contribution in [2.75, 3.05) is 14.7 Å². The van der Waals surface area contributed by atoms with Crippen molar-refractivity contribution in [2.24, 2.45) is 0 Å². The molecule has 0 fully saturated rings. The molecular formula is C72H46BN3O2S. The van der Waals surface area contributed by atoms with Gasteiger partial charge in [0, 0.05) is 94.4 Å². The van der Waals surface area contributed by atoms with Gasteiger partial charge in [0.1, 0.15) is 22.7 Å². The van der Waals surface area contributed by atoms with Gasteiger partial charge in [0.2, 0.25) is 0 Å². The van der Waals surface area contributed by atoms with Crippen LogP contribution in [-0.2, 0) is 0 Å². The second-order valence-electron chi connectivity index (χ2n) is 20.1. The Hall–Kier alpha value is -10.1. The second-order valence-corrected chi connectivity index (χ2v) is 21.2. The first-order chi connectivity index (χ1) is 41.2. The average Bonchev–Trinajstić information content (AvgIpc) is 1.51. The van der Waals surface area contributed by atoms with Crippen molar-refractivity contribution in [3.8, 4) is 44.9 Å². The monoisotopic (exact) mass is 1030 g/mol. The highest BCUT2D eigenvalue weighted by Gasteiger charge is 2.46. The van der Waals surface area contributed by atoms with E-state index in [4.69, 9.17) is 12.9 Å². The molecule has 0 spiro atoms. The lowest BCUT2D eigenvalue weighted by atomic mass is 9.36. The summed E-state index contributed by atoms with van der Waals surface area (Å²) in [6.07, 6.45) is 0. The summed E-state index contributed by atoms with van der Waals surface area (Å²) in [4.78, 5) is 6.89. The molecule has 14 aromatic rings. The van der Waals surface area contributed by atoms with E-state index >= 15 is 0 Å². The molecule has 0 saturated heterocycles. The van der Waals surface area contributed by atoms with Gasteiger partial charge in [-0.25, -0.2) is 0 Å². The van der Waals surface area contributed by atoms with Crippen molar-refractivity contribution in [1.82, 2.24) is 0 Å². The van der Waals surface area contributed by atoms with Crippen LogP contribution in [0, 0.1) is 0 Å². The lowest BCUT2D eigenvalue weighted by molar-refractivity contribution is 0.631. The zero-order chi connectivity index (χ0) is 56.3. The summed E-state index contributed by atoms with van der Waals surface area (Å²) < 4.78 is 61.8. The molecule has 0 saturated carbocycles. The first-order valence-corrected chi connectivity index (χ1v) is 27.2. The Kier molecular flexibility index (Phi) is 9.32. The summed E-state index contributed by atoms with van der Waals surface area (Å²) in [6.45, 7) is -0.343. The highest BCUT2D eigenvalue weighted by Crippen LogP contribution is 2.51. The van der Waals surface area contributed by atoms with E-state index in [9.17, 15) is 2.74 Å². The number of benzene rings is 11. The Bertz CT molecular complexity index is 4870. The van der Waals surface area contributed by atoms with Crippen LogP contribution in [0.25, 0.3) is 76.9 Å². The molecule has 0 bridgehead atoms. The number of nitrogens with zero attached hydrogens (tertiary/aromatic N) is 3. The number of anilines is 9. The summed E-state index contributed by atoms with van der Waals surface area (Å²) in [5, 5.41) is 2.94. The van der Waals surface area contributed by atoms with Crippen molar-refractivity contribution in [3.05, 3.63) is 279 Å². The summed E-state index contributed by atoms with van der Waals surface area (Å²) in [5.74, 6) is 1.50. The first-order valence-electron chi connectivity index (χ1n) is 28.9. The normalized spacial score (nSPS) is 13.4. The maximum absolute atomic E-state index is 9.58. The second kappa shape index (κ2) is 18.3. The lowest BCUT2D eigenvalue weighted by Gasteiger charge is -2.44. The van der Waals surface area contributed by atoms with Crippen molar-refractivity contribution >= 4 is 117 Å². The highest BCUT2D eigenvalue weighted by atomic mass is 32.1. The Morgan fingerprint density at radius 2 is 0.949 bits per heavy atom. The minimum Gasteiger partial charge on any atom is -0.456 e. The third kappa shape index (κ3) is 7.54. The fourth-order valence-electron chi connectivity index (χ4n) is 11.9. The van der Waals surface area contributed by atoms with E-state index in [0.29, 0.717) is 16.7 Å². The van der Waals surface area contributed by atoms with Gasteiger partial charge in [-0.1, -0.05) is 170 Å². The average molecular weight is 1030 g/mol. The van der Waals surface area contributed by atoms with Gasteiger partial charge < -0.3 is 23.5 Å². The van der Waals surface area contributed by atoms with Crippen LogP contribution < -0.4 is 30.4 Å². The summed E-state index contributed by atoms with van der Waals surface area (Å²) in [5.41, 5.74) is 16.2. The van der Waals surface area contributed by atoms with E-state index in [1.165, 1.54) is 0 Å². The van der Waals surface area contributed by atoms with Crippen LogP contribution in [0.4, 0.5) is 51.2 Å². The molecule has 16 rings (SSSR count). The van der Waals surface area contributed by atoms with Crippen LogP contribution in [0.15, 0.2) is 288 Å². The Balaban J connectivity index is 1.03. The van der Waals surface area contributed by atoms with Crippen LogP contribution in [0.1, 0.15) is 6.85 Å². The van der Waals surface area contributed by atoms with Gasteiger partial charge in [-0.15, -0.1) is 11.3 Å². The molecule has 79 heavy (non-hydrogen) atoms. The van der Waals surface area contributed by atoms with Crippen LogP contribution in [0.3, 0.4) is 0 Å². The zero-order valence-corrected chi connectivity index (χ0v) is 43.1. The molecule has 0 atom stereocenters. The number of thiophene rings is 1. The Morgan fingerprint density at radius 3 is 1.54 bits per heavy atom. The van der Waals surface area contributed by atoms with E-state index in [0.717, 1.165) is 122 Å². The van der Waals surface area contributed by atoms with Crippen LogP contribution in [0.2, 0.25) is 0 Å². The number of fused-ring (bicyclic) bond motifs is 8. The van der Waals surface area contributed by atoms with E-state index < -0.39 is 18.1 Å². The molecule has 0 unspecified atom stereocenters. The van der Waals surface area contributed by atoms with Gasteiger partial charge in [-0.05, 0) is 130 Å². The third-order valence-corrected chi connectivity index (χ3v) is 16.7. The van der Waals surface area contributed by atoms with Gasteiger partial charge in [0.25, 0.3) is 6.71 Å². The fraction of sp³-hybridized carbons (Fsp3) is 0. The summed E-state index contributed by atoms with van der Waals surface area (Å²) >= 11 is 1.78. The standard InChI is InChI=1S/C72H46BN3O2S/c1-7-19-47(20-8-1)51-33-38-69-60(39-51)71-72(79-69)73-61-37-36-57(74(55-27-15-5-16-28-55)56-29-17-6-18-30-56)44-62(61)75(58-34-31-52-42-65(77-67(52)45-58)49-23-11-3-12-24-49)63-40-54(48-21-9-2-10-22-48)41-64(70(63)73)76(71)59-35-32-53-43-66(78-68(53)46-59)50-25-13-4-14-26-50/h1-46H/i2D,9D,10D,21D,22D. The van der Waals surface area contributed by atoms with Gasteiger partial charge in [-0.2, -0.15) is 0 Å². The number of hydrogen-bond donors (Lipinski definition) is 0. The maximum atomic E-state index is 9.58. The molecule has 5 heterocycles. The van der Waals surface area contributed by atoms with Gasteiger partial charge in [0.05, 0.1) is 12.5 Å². The minimum atomic E-state index is -0.453. The quantitative estimate of drug-likeness (QED) is 0.135. The topological polar surface area (TPSA) is 36.0 Å². The number of hydrogen-bond acceptors (Lipinski definition) is 6. The number of rotatable bonds is 9. The SMILES string of the molecule is [2H]c1c([2H])c([2H])c(-c2cc3c4c(c2)N(c2ccc5cc(-c6ccccc6)oc5c2)c2c(sc5ccc(-c6ccccc6)cc25)B4c2ccc(N(c4ccccc4)c4ccccc4)cc2N3c2ccc3cc(-c4ccccc4)oc3c2)c([2H])c1[2H]. The molecule has 0 radical (unpaired) electrons. The molecular weight excluding hydrogens is 982 g/mol.